The first-order chi connectivity index (χ1) is 7.45. The van der Waals surface area contributed by atoms with Gasteiger partial charge in [-0.1, -0.05) is 0 Å². The standard InChI is InChI=1S/C9H9N2O3S/c1-2-12-8(10-1)7-5-15-6-11(7)9-13-3-4-14-9/h1-2,5-6,9H,3-4H2. The second-order valence-corrected chi connectivity index (χ2v) is 3.76. The summed E-state index contributed by atoms with van der Waals surface area (Å²) in [5.74, 6) is 2.51. The number of aromatic nitrogens is 1. The fraction of sp³-hybridized carbons (Fsp3) is 0.333. The Hall–Kier alpha value is -0.980. The van der Waals surface area contributed by atoms with Crippen molar-refractivity contribution < 1.29 is 13.9 Å². The molecular formula is C9H9N2O3S. The van der Waals surface area contributed by atoms with E-state index >= 15 is 0 Å². The number of ether oxygens (including phenoxy) is 2. The molecule has 1 aromatic heterocycles. The van der Waals surface area contributed by atoms with Crippen LogP contribution in [0, 0.1) is 5.88 Å². The molecule has 0 bridgehead atoms. The quantitative estimate of drug-likeness (QED) is 0.759. The predicted molar refractivity (Wildman–Crippen MR) is 53.9 cm³/mol. The Morgan fingerprint density at radius 1 is 1.40 bits per heavy atom. The van der Waals surface area contributed by atoms with Crippen LogP contribution in [0.25, 0.3) is 5.70 Å². The van der Waals surface area contributed by atoms with Crippen LogP contribution in [0.5, 0.6) is 0 Å². The lowest BCUT2D eigenvalue weighted by Gasteiger charge is -2.23. The van der Waals surface area contributed by atoms with Crippen LogP contribution in [0.3, 0.4) is 0 Å². The normalized spacial score (nSPS) is 22.4. The minimum Gasteiger partial charge on any atom is -0.443 e. The van der Waals surface area contributed by atoms with Crippen molar-refractivity contribution in [1.29, 1.82) is 0 Å². The number of oxazole rings is 1. The highest BCUT2D eigenvalue weighted by molar-refractivity contribution is 8.04. The van der Waals surface area contributed by atoms with E-state index in [1.165, 1.54) is 0 Å². The molecule has 0 N–H and O–H groups in total. The summed E-state index contributed by atoms with van der Waals surface area (Å²) in [4.78, 5) is 5.98. The monoisotopic (exact) mass is 225 g/mol. The minimum atomic E-state index is -0.349. The molecule has 1 aromatic rings. The van der Waals surface area contributed by atoms with Gasteiger partial charge in [-0.3, -0.25) is 0 Å². The summed E-state index contributed by atoms with van der Waals surface area (Å²) in [5.41, 5.74) is 0.872. The fourth-order valence-electron chi connectivity index (χ4n) is 1.46. The van der Waals surface area contributed by atoms with Gasteiger partial charge in [0.15, 0.2) is 0 Å². The highest BCUT2D eigenvalue weighted by Gasteiger charge is 2.31. The highest BCUT2D eigenvalue weighted by atomic mass is 32.2. The van der Waals surface area contributed by atoms with Crippen LogP contribution in [0.1, 0.15) is 5.89 Å². The Balaban J connectivity index is 1.82. The molecule has 3 heterocycles. The SMILES string of the molecule is [CH]1SC=C(c2ncco2)N1C1OCCO1. The van der Waals surface area contributed by atoms with E-state index in [4.69, 9.17) is 13.9 Å². The van der Waals surface area contributed by atoms with Crippen molar-refractivity contribution >= 4 is 17.5 Å². The van der Waals surface area contributed by atoms with E-state index in [1.807, 2.05) is 16.2 Å². The van der Waals surface area contributed by atoms with Crippen molar-refractivity contribution in [1.82, 2.24) is 9.88 Å². The van der Waals surface area contributed by atoms with Gasteiger partial charge < -0.3 is 18.8 Å². The summed E-state index contributed by atoms with van der Waals surface area (Å²) >= 11 is 1.55. The molecule has 0 amide bonds. The zero-order chi connectivity index (χ0) is 10.1. The molecule has 5 nitrogen and oxygen atoms in total. The predicted octanol–water partition coefficient (Wildman–Crippen LogP) is 1.47. The smallest absolute Gasteiger partial charge is 0.243 e. The van der Waals surface area contributed by atoms with Crippen LogP contribution >= 0.6 is 11.8 Å². The summed E-state index contributed by atoms with van der Waals surface area (Å²) in [6.07, 6.45) is 2.82. The third-order valence-corrected chi connectivity index (χ3v) is 2.82. The van der Waals surface area contributed by atoms with E-state index in [0.717, 1.165) is 5.70 Å². The van der Waals surface area contributed by atoms with Crippen molar-refractivity contribution in [3.8, 4) is 0 Å². The van der Waals surface area contributed by atoms with Gasteiger partial charge in [0, 0.05) is 5.41 Å². The van der Waals surface area contributed by atoms with E-state index in [0.29, 0.717) is 19.1 Å². The molecule has 0 aliphatic carbocycles. The maximum absolute atomic E-state index is 5.41. The minimum absolute atomic E-state index is 0.349. The topological polar surface area (TPSA) is 47.7 Å². The van der Waals surface area contributed by atoms with E-state index < -0.39 is 0 Å². The van der Waals surface area contributed by atoms with Gasteiger partial charge in [-0.2, -0.15) is 0 Å². The van der Waals surface area contributed by atoms with E-state index in [1.54, 1.807) is 24.2 Å². The van der Waals surface area contributed by atoms with Crippen molar-refractivity contribution in [2.24, 2.45) is 0 Å². The van der Waals surface area contributed by atoms with Crippen LogP contribution in [0.4, 0.5) is 0 Å². The first-order valence-corrected chi connectivity index (χ1v) is 5.50. The molecule has 3 rings (SSSR count). The molecular weight excluding hydrogens is 216 g/mol. The van der Waals surface area contributed by atoms with Crippen molar-refractivity contribution in [2.75, 3.05) is 13.2 Å². The lowest BCUT2D eigenvalue weighted by atomic mass is 10.4. The number of hydrogen-bond donors (Lipinski definition) is 0. The average Bonchev–Trinajstić information content (AvgIpc) is 3.01. The average molecular weight is 225 g/mol. The highest BCUT2D eigenvalue weighted by Crippen LogP contribution is 2.36. The van der Waals surface area contributed by atoms with Gasteiger partial charge in [-0.25, -0.2) is 4.98 Å². The molecule has 0 atom stereocenters. The lowest BCUT2D eigenvalue weighted by Crippen LogP contribution is -2.29. The van der Waals surface area contributed by atoms with E-state index in [-0.39, 0.29) is 6.41 Å². The van der Waals surface area contributed by atoms with Gasteiger partial charge in [0.25, 0.3) is 0 Å². The van der Waals surface area contributed by atoms with Gasteiger partial charge in [0.1, 0.15) is 17.8 Å². The molecule has 79 valence electrons. The number of hydrogen-bond acceptors (Lipinski definition) is 6. The van der Waals surface area contributed by atoms with Gasteiger partial charge in [-0.05, 0) is 0 Å². The molecule has 0 spiro atoms. The second-order valence-electron chi connectivity index (χ2n) is 3.04. The third-order valence-electron chi connectivity index (χ3n) is 2.12. The van der Waals surface area contributed by atoms with Crippen LogP contribution in [-0.2, 0) is 9.47 Å². The Labute approximate surface area is 91.0 Å². The number of thioether (sulfide) groups is 1. The molecule has 6 heteroatoms. The van der Waals surface area contributed by atoms with Gasteiger partial charge in [-0.15, -0.1) is 11.8 Å². The molecule has 0 saturated carbocycles. The molecule has 1 radical (unpaired) electrons. The van der Waals surface area contributed by atoms with Crippen molar-refractivity contribution in [2.45, 2.75) is 6.41 Å². The maximum atomic E-state index is 5.41. The Bertz CT molecular complexity index is 359. The molecule has 0 unspecified atom stereocenters. The zero-order valence-corrected chi connectivity index (χ0v) is 8.64. The van der Waals surface area contributed by atoms with Gasteiger partial charge in [0.2, 0.25) is 12.3 Å². The largest absolute Gasteiger partial charge is 0.443 e. The first-order valence-electron chi connectivity index (χ1n) is 4.55. The second kappa shape index (κ2) is 3.88. The molecule has 2 aliphatic rings. The Kier molecular flexibility index (Phi) is 2.40. The summed E-state index contributed by atoms with van der Waals surface area (Å²) < 4.78 is 16.1. The van der Waals surface area contributed by atoms with Crippen LogP contribution in [0.15, 0.2) is 22.3 Å². The molecule has 0 aromatic carbocycles. The Morgan fingerprint density at radius 2 is 2.27 bits per heavy atom. The lowest BCUT2D eigenvalue weighted by molar-refractivity contribution is -0.113. The third kappa shape index (κ3) is 1.64. The van der Waals surface area contributed by atoms with E-state index in [2.05, 4.69) is 4.98 Å². The van der Waals surface area contributed by atoms with Crippen molar-refractivity contribution in [3.63, 3.8) is 0 Å². The van der Waals surface area contributed by atoms with E-state index in [9.17, 15) is 0 Å². The Morgan fingerprint density at radius 3 is 3.00 bits per heavy atom. The fourth-order valence-corrected chi connectivity index (χ4v) is 2.22. The molecule has 1 fully saturated rings. The maximum Gasteiger partial charge on any atom is 0.243 e. The number of nitrogens with zero attached hydrogens (tertiary/aromatic N) is 2. The molecule has 2 aliphatic heterocycles. The van der Waals surface area contributed by atoms with Crippen LogP contribution in [-0.4, -0.2) is 29.5 Å². The molecule has 1 saturated heterocycles. The number of rotatable bonds is 2. The zero-order valence-electron chi connectivity index (χ0n) is 7.83. The van der Waals surface area contributed by atoms with Gasteiger partial charge >= 0.3 is 0 Å². The summed E-state index contributed by atoms with van der Waals surface area (Å²) in [6.45, 7) is 1.25. The summed E-state index contributed by atoms with van der Waals surface area (Å²) in [5, 5.41) is 1.96. The van der Waals surface area contributed by atoms with Crippen LogP contribution < -0.4 is 0 Å². The summed E-state index contributed by atoms with van der Waals surface area (Å²) in [6, 6.07) is 0. The van der Waals surface area contributed by atoms with Crippen molar-refractivity contribution in [3.05, 3.63) is 29.6 Å². The first kappa shape index (κ1) is 9.26. The summed E-state index contributed by atoms with van der Waals surface area (Å²) in [7, 11) is 0. The van der Waals surface area contributed by atoms with Gasteiger partial charge in [0.05, 0.1) is 19.4 Å². The van der Waals surface area contributed by atoms with Crippen LogP contribution in [0.2, 0.25) is 0 Å². The molecule has 15 heavy (non-hydrogen) atoms.